The van der Waals surface area contributed by atoms with Crippen LogP contribution < -0.4 is 10.6 Å². The van der Waals surface area contributed by atoms with E-state index in [0.717, 1.165) is 16.8 Å². The molecular formula is C17H18N2O2. The van der Waals surface area contributed by atoms with Gasteiger partial charge in [-0.2, -0.15) is 0 Å². The lowest BCUT2D eigenvalue weighted by Gasteiger charge is -2.15. The van der Waals surface area contributed by atoms with Crippen LogP contribution in [0.25, 0.3) is 0 Å². The summed E-state index contributed by atoms with van der Waals surface area (Å²) >= 11 is 0. The van der Waals surface area contributed by atoms with Crippen LogP contribution in [0.15, 0.2) is 36.4 Å². The Morgan fingerprint density at radius 3 is 2.76 bits per heavy atom. The number of anilines is 2. The molecule has 3 N–H and O–H groups in total. The van der Waals surface area contributed by atoms with Gasteiger partial charge in [-0.3, -0.25) is 4.79 Å². The summed E-state index contributed by atoms with van der Waals surface area (Å²) in [4.78, 5) is 12.4. The largest absolute Gasteiger partial charge is 0.507 e. The van der Waals surface area contributed by atoms with Gasteiger partial charge < -0.3 is 15.7 Å². The summed E-state index contributed by atoms with van der Waals surface area (Å²) in [5.41, 5.74) is 4.32. The van der Waals surface area contributed by atoms with Crippen LogP contribution in [-0.2, 0) is 11.2 Å². The van der Waals surface area contributed by atoms with Crippen LogP contribution in [0.2, 0.25) is 0 Å². The van der Waals surface area contributed by atoms with Crippen LogP contribution in [0.5, 0.6) is 5.75 Å². The highest BCUT2D eigenvalue weighted by molar-refractivity contribution is 5.98. The standard InChI is InChI=1S/C17H18N2O2/c1-10-7-8-13(11(2)16(10)20)19-17(21)15-9-12-5-3-4-6-14(12)18-15/h3-8,15,18,20H,9H2,1-2H3,(H,19,21)/t15-/m0/s1. The predicted octanol–water partition coefficient (Wildman–Crippen LogP) is 2.98. The van der Waals surface area contributed by atoms with E-state index in [4.69, 9.17) is 0 Å². The molecule has 0 spiro atoms. The summed E-state index contributed by atoms with van der Waals surface area (Å²) < 4.78 is 0. The topological polar surface area (TPSA) is 61.4 Å². The quantitative estimate of drug-likeness (QED) is 0.793. The van der Waals surface area contributed by atoms with Crippen LogP contribution in [-0.4, -0.2) is 17.1 Å². The molecular weight excluding hydrogens is 264 g/mol. The van der Waals surface area contributed by atoms with Crippen LogP contribution in [0, 0.1) is 13.8 Å². The minimum Gasteiger partial charge on any atom is -0.507 e. The minimum atomic E-state index is -0.273. The first-order valence-electron chi connectivity index (χ1n) is 7.00. The van der Waals surface area contributed by atoms with Gasteiger partial charge in [-0.1, -0.05) is 24.3 Å². The number of amides is 1. The van der Waals surface area contributed by atoms with Gasteiger partial charge in [0.25, 0.3) is 0 Å². The Morgan fingerprint density at radius 1 is 1.24 bits per heavy atom. The normalized spacial score (nSPS) is 16.2. The number of carbonyl (C=O) groups is 1. The molecule has 3 rings (SSSR count). The zero-order valence-electron chi connectivity index (χ0n) is 12.1. The number of phenolic OH excluding ortho intramolecular Hbond substituents is 1. The summed E-state index contributed by atoms with van der Waals surface area (Å²) in [7, 11) is 0. The number of fused-ring (bicyclic) bond motifs is 1. The van der Waals surface area contributed by atoms with Gasteiger partial charge in [-0.25, -0.2) is 0 Å². The summed E-state index contributed by atoms with van der Waals surface area (Å²) in [5.74, 6) is 0.146. The number of benzene rings is 2. The fraction of sp³-hybridized carbons (Fsp3) is 0.235. The number of para-hydroxylation sites is 1. The highest BCUT2D eigenvalue weighted by Crippen LogP contribution is 2.29. The van der Waals surface area contributed by atoms with Crippen molar-refractivity contribution in [2.45, 2.75) is 26.3 Å². The van der Waals surface area contributed by atoms with Gasteiger partial charge in [0.1, 0.15) is 11.8 Å². The van der Waals surface area contributed by atoms with Crippen molar-refractivity contribution in [3.8, 4) is 5.75 Å². The van der Waals surface area contributed by atoms with Crippen molar-refractivity contribution in [3.63, 3.8) is 0 Å². The Balaban J connectivity index is 1.76. The van der Waals surface area contributed by atoms with Gasteiger partial charge in [-0.05, 0) is 37.1 Å². The van der Waals surface area contributed by atoms with E-state index >= 15 is 0 Å². The van der Waals surface area contributed by atoms with Crippen LogP contribution in [0.4, 0.5) is 11.4 Å². The van der Waals surface area contributed by atoms with Gasteiger partial charge in [0.15, 0.2) is 0 Å². The Bertz CT molecular complexity index is 685. The maximum atomic E-state index is 12.4. The second-order valence-corrected chi connectivity index (χ2v) is 5.45. The van der Waals surface area contributed by atoms with Crippen LogP contribution >= 0.6 is 0 Å². The predicted molar refractivity (Wildman–Crippen MR) is 83.8 cm³/mol. The van der Waals surface area contributed by atoms with Crippen LogP contribution in [0.3, 0.4) is 0 Å². The lowest BCUT2D eigenvalue weighted by molar-refractivity contribution is -0.116. The highest BCUT2D eigenvalue weighted by Gasteiger charge is 2.26. The first-order chi connectivity index (χ1) is 10.1. The number of nitrogens with one attached hydrogen (secondary N) is 2. The van der Waals surface area contributed by atoms with E-state index in [-0.39, 0.29) is 17.7 Å². The van der Waals surface area contributed by atoms with Crippen molar-refractivity contribution >= 4 is 17.3 Å². The van der Waals surface area contributed by atoms with E-state index in [1.165, 1.54) is 0 Å². The van der Waals surface area contributed by atoms with E-state index in [2.05, 4.69) is 10.6 Å². The fourth-order valence-electron chi connectivity index (χ4n) is 2.65. The van der Waals surface area contributed by atoms with Crippen LogP contribution in [0.1, 0.15) is 16.7 Å². The average molecular weight is 282 g/mol. The van der Waals surface area contributed by atoms with Crippen molar-refractivity contribution in [3.05, 3.63) is 53.1 Å². The molecule has 1 amide bonds. The molecule has 1 heterocycles. The second-order valence-electron chi connectivity index (χ2n) is 5.45. The smallest absolute Gasteiger partial charge is 0.247 e. The third kappa shape index (κ3) is 2.44. The molecule has 2 aromatic rings. The minimum absolute atomic E-state index is 0.0856. The molecule has 0 aliphatic carbocycles. The number of carbonyl (C=O) groups excluding carboxylic acids is 1. The number of phenols is 1. The molecule has 0 radical (unpaired) electrons. The van der Waals surface area contributed by atoms with E-state index in [9.17, 15) is 9.90 Å². The molecule has 0 saturated carbocycles. The number of hydrogen-bond acceptors (Lipinski definition) is 3. The van der Waals surface area contributed by atoms with Crippen molar-refractivity contribution < 1.29 is 9.90 Å². The summed E-state index contributed by atoms with van der Waals surface area (Å²) in [6.45, 7) is 3.64. The molecule has 0 unspecified atom stereocenters. The summed E-state index contributed by atoms with van der Waals surface area (Å²) in [6, 6.07) is 11.3. The monoisotopic (exact) mass is 282 g/mol. The van der Waals surface area contributed by atoms with E-state index in [0.29, 0.717) is 17.7 Å². The molecule has 1 atom stereocenters. The summed E-state index contributed by atoms with van der Waals surface area (Å²) in [6.07, 6.45) is 0.679. The number of aromatic hydroxyl groups is 1. The molecule has 1 aliphatic rings. The Hall–Kier alpha value is -2.49. The Morgan fingerprint density at radius 2 is 2.00 bits per heavy atom. The van der Waals surface area contributed by atoms with Crippen molar-refractivity contribution in [1.82, 2.24) is 0 Å². The molecule has 0 aromatic heterocycles. The van der Waals surface area contributed by atoms with Gasteiger partial charge in [0, 0.05) is 23.4 Å². The Kier molecular flexibility index (Phi) is 3.29. The zero-order valence-corrected chi connectivity index (χ0v) is 12.1. The maximum absolute atomic E-state index is 12.4. The van der Waals surface area contributed by atoms with Crippen molar-refractivity contribution in [2.24, 2.45) is 0 Å². The third-order valence-corrected chi connectivity index (χ3v) is 3.98. The van der Waals surface area contributed by atoms with E-state index < -0.39 is 0 Å². The molecule has 4 heteroatoms. The van der Waals surface area contributed by atoms with Gasteiger partial charge in [0.2, 0.25) is 5.91 Å². The SMILES string of the molecule is Cc1ccc(NC(=O)[C@@H]2Cc3ccccc3N2)c(C)c1O. The van der Waals surface area contributed by atoms with Crippen molar-refractivity contribution in [1.29, 1.82) is 0 Å². The first kappa shape index (κ1) is 13.5. The fourth-order valence-corrected chi connectivity index (χ4v) is 2.65. The number of hydrogen-bond donors (Lipinski definition) is 3. The zero-order chi connectivity index (χ0) is 15.0. The lowest BCUT2D eigenvalue weighted by atomic mass is 10.1. The molecule has 0 saturated heterocycles. The van der Waals surface area contributed by atoms with Gasteiger partial charge >= 0.3 is 0 Å². The molecule has 108 valence electrons. The lowest BCUT2D eigenvalue weighted by Crippen LogP contribution is -2.33. The van der Waals surface area contributed by atoms with Gasteiger partial charge in [-0.15, -0.1) is 0 Å². The molecule has 4 nitrogen and oxygen atoms in total. The number of rotatable bonds is 2. The molecule has 2 aromatic carbocycles. The van der Waals surface area contributed by atoms with Crippen molar-refractivity contribution in [2.75, 3.05) is 10.6 Å². The van der Waals surface area contributed by atoms with E-state index in [1.807, 2.05) is 37.3 Å². The molecule has 1 aliphatic heterocycles. The molecule has 0 bridgehead atoms. The molecule has 0 fully saturated rings. The highest BCUT2D eigenvalue weighted by atomic mass is 16.3. The number of aryl methyl sites for hydroxylation is 1. The Labute approximate surface area is 123 Å². The first-order valence-corrected chi connectivity index (χ1v) is 7.00. The maximum Gasteiger partial charge on any atom is 0.247 e. The van der Waals surface area contributed by atoms with E-state index in [1.54, 1.807) is 13.0 Å². The third-order valence-electron chi connectivity index (χ3n) is 3.98. The summed E-state index contributed by atoms with van der Waals surface area (Å²) in [5, 5.41) is 16.1. The van der Waals surface area contributed by atoms with Gasteiger partial charge in [0.05, 0.1) is 0 Å². The second kappa shape index (κ2) is 5.13. The molecule has 21 heavy (non-hydrogen) atoms. The average Bonchev–Trinajstić information content (AvgIpc) is 2.92.